The highest BCUT2D eigenvalue weighted by Crippen LogP contribution is 2.18. The van der Waals surface area contributed by atoms with Gasteiger partial charge < -0.3 is 11.5 Å². The topological polar surface area (TPSA) is 95.2 Å². The van der Waals surface area contributed by atoms with Gasteiger partial charge in [0.15, 0.2) is 0 Å². The molecule has 0 fully saturated rings. The lowest BCUT2D eigenvalue weighted by Gasteiger charge is -2.19. The fourth-order valence-electron chi connectivity index (χ4n) is 1.51. The summed E-state index contributed by atoms with van der Waals surface area (Å²) in [6.07, 6.45) is 0. The molecule has 1 aromatic rings. The average molecular weight is 209 g/mol. The van der Waals surface area contributed by atoms with Crippen molar-refractivity contribution >= 4 is 0 Å². The van der Waals surface area contributed by atoms with Crippen molar-refractivity contribution in [2.45, 2.75) is 12.0 Å². The van der Waals surface area contributed by atoms with Crippen molar-refractivity contribution in [2.75, 3.05) is 13.1 Å². The highest BCUT2D eigenvalue weighted by molar-refractivity contribution is 5.21. The first-order valence-corrected chi connectivity index (χ1v) is 4.77. The van der Waals surface area contributed by atoms with Crippen LogP contribution in [0.3, 0.4) is 0 Å². The molecule has 0 saturated heterocycles. The number of nitrogens with zero attached hydrogens (tertiary/aromatic N) is 1. The summed E-state index contributed by atoms with van der Waals surface area (Å²) >= 11 is 0. The van der Waals surface area contributed by atoms with E-state index in [4.69, 9.17) is 11.5 Å². The van der Waals surface area contributed by atoms with E-state index in [0.717, 1.165) is 5.56 Å². The van der Waals surface area contributed by atoms with E-state index in [1.807, 2.05) is 30.3 Å². The van der Waals surface area contributed by atoms with E-state index in [-0.39, 0.29) is 30.0 Å². The Morgan fingerprint density at radius 2 is 1.93 bits per heavy atom. The van der Waals surface area contributed by atoms with Gasteiger partial charge in [-0.15, -0.1) is 0 Å². The van der Waals surface area contributed by atoms with Gasteiger partial charge in [0.2, 0.25) is 6.54 Å². The lowest BCUT2D eigenvalue weighted by molar-refractivity contribution is -0.483. The van der Waals surface area contributed by atoms with E-state index >= 15 is 0 Å². The molecule has 0 saturated carbocycles. The zero-order valence-corrected chi connectivity index (χ0v) is 8.37. The number of nitrogens with two attached hydrogens (primary N) is 2. The van der Waals surface area contributed by atoms with Gasteiger partial charge in [-0.25, -0.2) is 0 Å². The Morgan fingerprint density at radius 1 is 1.33 bits per heavy atom. The van der Waals surface area contributed by atoms with Crippen LogP contribution in [0.1, 0.15) is 11.5 Å². The van der Waals surface area contributed by atoms with Gasteiger partial charge in [0, 0.05) is 17.5 Å². The fraction of sp³-hybridized carbons (Fsp3) is 0.400. The molecule has 2 atom stereocenters. The normalized spacial score (nSPS) is 14.5. The zero-order chi connectivity index (χ0) is 11.3. The lowest BCUT2D eigenvalue weighted by atomic mass is 9.92. The molecule has 82 valence electrons. The van der Waals surface area contributed by atoms with Crippen molar-refractivity contribution in [3.8, 4) is 0 Å². The van der Waals surface area contributed by atoms with Crippen molar-refractivity contribution in [2.24, 2.45) is 11.5 Å². The Morgan fingerprint density at radius 3 is 2.40 bits per heavy atom. The second-order valence-corrected chi connectivity index (χ2v) is 3.43. The first kappa shape index (κ1) is 11.6. The van der Waals surface area contributed by atoms with Gasteiger partial charge in [0.25, 0.3) is 0 Å². The Balaban J connectivity index is 2.86. The second kappa shape index (κ2) is 5.43. The molecule has 15 heavy (non-hydrogen) atoms. The number of rotatable bonds is 5. The largest absolute Gasteiger partial charge is 0.329 e. The fourth-order valence-corrected chi connectivity index (χ4v) is 1.51. The quantitative estimate of drug-likeness (QED) is 0.539. The summed E-state index contributed by atoms with van der Waals surface area (Å²) in [7, 11) is 0. The van der Waals surface area contributed by atoms with Crippen LogP contribution in [0, 0.1) is 10.1 Å². The van der Waals surface area contributed by atoms with Crippen molar-refractivity contribution in [1.29, 1.82) is 0 Å². The maximum atomic E-state index is 10.5. The molecule has 0 radical (unpaired) electrons. The monoisotopic (exact) mass is 209 g/mol. The molecule has 0 spiro atoms. The Bertz CT molecular complexity index is 316. The van der Waals surface area contributed by atoms with Crippen molar-refractivity contribution in [3.05, 3.63) is 46.0 Å². The molecule has 4 N–H and O–H groups in total. The number of hydrogen-bond donors (Lipinski definition) is 2. The minimum absolute atomic E-state index is 0.178. The highest BCUT2D eigenvalue weighted by atomic mass is 16.6. The SMILES string of the molecule is NCC(N)C(C[N+](=O)[O-])c1ccccc1. The molecule has 0 aliphatic heterocycles. The molecular weight excluding hydrogens is 194 g/mol. The molecule has 1 rings (SSSR count). The average Bonchev–Trinajstić information content (AvgIpc) is 2.26. The molecule has 2 unspecified atom stereocenters. The highest BCUT2D eigenvalue weighted by Gasteiger charge is 2.23. The smallest absolute Gasteiger partial charge is 0.212 e. The van der Waals surface area contributed by atoms with Crippen molar-refractivity contribution < 1.29 is 4.92 Å². The summed E-state index contributed by atoms with van der Waals surface area (Å²) in [5.41, 5.74) is 12.1. The van der Waals surface area contributed by atoms with Crippen molar-refractivity contribution in [3.63, 3.8) is 0 Å². The molecule has 1 aromatic carbocycles. The van der Waals surface area contributed by atoms with Crippen LogP contribution in [0.15, 0.2) is 30.3 Å². The van der Waals surface area contributed by atoms with Gasteiger partial charge in [-0.05, 0) is 5.56 Å². The third-order valence-corrected chi connectivity index (χ3v) is 2.36. The predicted octanol–water partition coefficient (Wildman–Crippen LogP) is 0.333. The third kappa shape index (κ3) is 3.30. The van der Waals surface area contributed by atoms with E-state index in [0.29, 0.717) is 0 Å². The minimum atomic E-state index is -0.377. The van der Waals surface area contributed by atoms with E-state index < -0.39 is 0 Å². The van der Waals surface area contributed by atoms with Gasteiger partial charge in [0.05, 0.1) is 5.92 Å². The van der Waals surface area contributed by atoms with E-state index in [1.165, 1.54) is 0 Å². The summed E-state index contributed by atoms with van der Waals surface area (Å²) in [5, 5.41) is 10.5. The molecule has 0 heterocycles. The number of hydrogen-bond acceptors (Lipinski definition) is 4. The predicted molar refractivity (Wildman–Crippen MR) is 58.1 cm³/mol. The third-order valence-electron chi connectivity index (χ3n) is 2.36. The molecule has 0 aliphatic carbocycles. The number of benzene rings is 1. The van der Waals surface area contributed by atoms with Gasteiger partial charge >= 0.3 is 0 Å². The van der Waals surface area contributed by atoms with Gasteiger partial charge in [-0.2, -0.15) is 0 Å². The molecule has 0 amide bonds. The summed E-state index contributed by atoms with van der Waals surface area (Å²) in [6.45, 7) is 0.0653. The first-order chi connectivity index (χ1) is 7.15. The van der Waals surface area contributed by atoms with Gasteiger partial charge in [-0.3, -0.25) is 10.1 Å². The van der Waals surface area contributed by atoms with Crippen molar-refractivity contribution in [1.82, 2.24) is 0 Å². The summed E-state index contributed by atoms with van der Waals surface area (Å²) in [4.78, 5) is 10.2. The van der Waals surface area contributed by atoms with Crippen LogP contribution in [0.2, 0.25) is 0 Å². The van der Waals surface area contributed by atoms with Crippen LogP contribution in [0.25, 0.3) is 0 Å². The van der Waals surface area contributed by atoms with E-state index in [9.17, 15) is 10.1 Å². The molecule has 0 aliphatic rings. The van der Waals surface area contributed by atoms with Crippen LogP contribution in [0.4, 0.5) is 0 Å². The standard InChI is InChI=1S/C10H15N3O2/c11-6-10(12)9(7-13(14)15)8-4-2-1-3-5-8/h1-5,9-10H,6-7,11-12H2. The lowest BCUT2D eigenvalue weighted by Crippen LogP contribution is -2.39. The van der Waals surface area contributed by atoms with E-state index in [1.54, 1.807) is 0 Å². The summed E-state index contributed by atoms with van der Waals surface area (Å²) in [6, 6.07) is 8.84. The Labute approximate surface area is 88.2 Å². The summed E-state index contributed by atoms with van der Waals surface area (Å²) < 4.78 is 0. The molecule has 0 bridgehead atoms. The molecule has 5 nitrogen and oxygen atoms in total. The Hall–Kier alpha value is -1.46. The maximum Gasteiger partial charge on any atom is 0.212 e. The molecule has 5 heteroatoms. The van der Waals surface area contributed by atoms with Crippen LogP contribution < -0.4 is 11.5 Å². The Kier molecular flexibility index (Phi) is 4.20. The first-order valence-electron chi connectivity index (χ1n) is 4.77. The maximum absolute atomic E-state index is 10.5. The van der Waals surface area contributed by atoms with Crippen LogP contribution in [-0.2, 0) is 0 Å². The minimum Gasteiger partial charge on any atom is -0.329 e. The van der Waals surface area contributed by atoms with Gasteiger partial charge in [0.1, 0.15) is 0 Å². The molecular formula is C10H15N3O2. The van der Waals surface area contributed by atoms with Gasteiger partial charge in [-0.1, -0.05) is 30.3 Å². The van der Waals surface area contributed by atoms with E-state index in [2.05, 4.69) is 0 Å². The number of nitro groups is 1. The zero-order valence-electron chi connectivity index (χ0n) is 8.37. The second-order valence-electron chi connectivity index (χ2n) is 3.43. The van der Waals surface area contributed by atoms with Crippen LogP contribution in [-0.4, -0.2) is 24.1 Å². The van der Waals surface area contributed by atoms with Crippen LogP contribution in [0.5, 0.6) is 0 Å². The van der Waals surface area contributed by atoms with Crippen LogP contribution >= 0.6 is 0 Å². The summed E-state index contributed by atoms with van der Waals surface area (Å²) in [5.74, 6) is -0.314. The molecule has 0 aromatic heterocycles.